The van der Waals surface area contributed by atoms with E-state index in [0.717, 1.165) is 12.8 Å². The molecule has 0 radical (unpaired) electrons. The van der Waals surface area contributed by atoms with Crippen molar-refractivity contribution in [1.29, 1.82) is 0 Å². The molecule has 7 heteroatoms. The average molecular weight is 309 g/mol. The lowest BCUT2D eigenvalue weighted by atomic mass is 9.93. The van der Waals surface area contributed by atoms with Crippen LogP contribution in [0.25, 0.3) is 0 Å². The highest BCUT2D eigenvalue weighted by molar-refractivity contribution is 5.89. The second-order valence-electron chi connectivity index (χ2n) is 5.34. The third-order valence-electron chi connectivity index (χ3n) is 3.32. The molecule has 0 aliphatic heterocycles. The highest BCUT2D eigenvalue weighted by atomic mass is 16.6. The zero-order valence-electron chi connectivity index (χ0n) is 13.0. The van der Waals surface area contributed by atoms with E-state index in [1.54, 1.807) is 6.07 Å². The van der Waals surface area contributed by atoms with Crippen LogP contribution >= 0.6 is 0 Å². The van der Waals surface area contributed by atoms with E-state index in [-0.39, 0.29) is 12.2 Å². The summed E-state index contributed by atoms with van der Waals surface area (Å²) in [5.41, 5.74) is -0.670. The van der Waals surface area contributed by atoms with Gasteiger partial charge in [0, 0.05) is 24.4 Å². The van der Waals surface area contributed by atoms with Gasteiger partial charge in [-0.1, -0.05) is 32.8 Å². The molecule has 0 spiro atoms. The van der Waals surface area contributed by atoms with Crippen LogP contribution in [0, 0.1) is 10.1 Å². The number of amides is 2. The van der Waals surface area contributed by atoms with Gasteiger partial charge in [-0.15, -0.1) is 0 Å². The molecule has 122 valence electrons. The van der Waals surface area contributed by atoms with E-state index >= 15 is 0 Å². The molecule has 0 fully saturated rings. The largest absolute Gasteiger partial charge is 0.388 e. The Morgan fingerprint density at radius 3 is 2.50 bits per heavy atom. The normalized spacial score (nSPS) is 11.0. The van der Waals surface area contributed by atoms with Crippen LogP contribution in [0.3, 0.4) is 0 Å². The fourth-order valence-electron chi connectivity index (χ4n) is 2.35. The number of carbonyl (C=O) groups is 1. The zero-order chi connectivity index (χ0) is 16.6. The molecule has 0 aliphatic rings. The third kappa shape index (κ3) is 5.69. The summed E-state index contributed by atoms with van der Waals surface area (Å²) in [5, 5.41) is 26.2. The van der Waals surface area contributed by atoms with Crippen LogP contribution in [-0.2, 0) is 0 Å². The Hall–Kier alpha value is -2.15. The summed E-state index contributed by atoms with van der Waals surface area (Å²) >= 11 is 0. The van der Waals surface area contributed by atoms with Gasteiger partial charge in [0.05, 0.1) is 10.5 Å². The molecule has 0 aromatic heterocycles. The maximum atomic E-state index is 11.8. The minimum Gasteiger partial charge on any atom is -0.388 e. The summed E-state index contributed by atoms with van der Waals surface area (Å²) < 4.78 is 0. The van der Waals surface area contributed by atoms with Crippen molar-refractivity contribution in [1.82, 2.24) is 5.32 Å². The average Bonchev–Trinajstić information content (AvgIpc) is 2.46. The Balaban J connectivity index is 2.59. The van der Waals surface area contributed by atoms with E-state index in [1.165, 1.54) is 18.2 Å². The van der Waals surface area contributed by atoms with Gasteiger partial charge in [-0.25, -0.2) is 4.79 Å². The van der Waals surface area contributed by atoms with Gasteiger partial charge in [0.1, 0.15) is 0 Å². The highest BCUT2D eigenvalue weighted by Gasteiger charge is 2.25. The first-order chi connectivity index (χ1) is 10.4. The second-order valence-corrected chi connectivity index (χ2v) is 5.34. The molecular formula is C15H23N3O4. The first-order valence-corrected chi connectivity index (χ1v) is 7.42. The van der Waals surface area contributed by atoms with Crippen molar-refractivity contribution in [3.05, 3.63) is 34.4 Å². The minimum absolute atomic E-state index is 0.0914. The number of hydrogen-bond acceptors (Lipinski definition) is 4. The topological polar surface area (TPSA) is 104 Å². The van der Waals surface area contributed by atoms with E-state index in [4.69, 9.17) is 0 Å². The number of anilines is 1. The SMILES string of the molecule is CCCC(O)(CCC)CNC(=O)Nc1cccc([N+](=O)[O-])c1. The fraction of sp³-hybridized carbons (Fsp3) is 0.533. The quantitative estimate of drug-likeness (QED) is 0.507. The Morgan fingerprint density at radius 1 is 1.32 bits per heavy atom. The predicted molar refractivity (Wildman–Crippen MR) is 84.9 cm³/mol. The number of non-ortho nitro benzene ring substituents is 1. The molecular weight excluding hydrogens is 286 g/mol. The molecule has 0 aliphatic carbocycles. The smallest absolute Gasteiger partial charge is 0.319 e. The van der Waals surface area contributed by atoms with E-state index in [0.29, 0.717) is 18.5 Å². The Morgan fingerprint density at radius 2 is 1.95 bits per heavy atom. The van der Waals surface area contributed by atoms with Crippen LogP contribution < -0.4 is 10.6 Å². The predicted octanol–water partition coefficient (Wildman–Crippen LogP) is 3.05. The van der Waals surface area contributed by atoms with Gasteiger partial charge in [-0.05, 0) is 18.9 Å². The summed E-state index contributed by atoms with van der Waals surface area (Å²) in [6, 6.07) is 5.20. The Labute approximate surface area is 129 Å². The van der Waals surface area contributed by atoms with E-state index in [2.05, 4.69) is 10.6 Å². The lowest BCUT2D eigenvalue weighted by Crippen LogP contribution is -2.44. The zero-order valence-corrected chi connectivity index (χ0v) is 13.0. The van der Waals surface area contributed by atoms with Gasteiger partial charge >= 0.3 is 6.03 Å². The summed E-state index contributed by atoms with van der Waals surface area (Å²) in [6.07, 6.45) is 2.87. The molecule has 7 nitrogen and oxygen atoms in total. The fourth-order valence-corrected chi connectivity index (χ4v) is 2.35. The second kappa shape index (κ2) is 8.33. The molecule has 2 amide bonds. The van der Waals surface area contributed by atoms with Gasteiger partial charge in [0.2, 0.25) is 0 Å². The highest BCUT2D eigenvalue weighted by Crippen LogP contribution is 2.19. The first kappa shape index (κ1) is 17.9. The Bertz CT molecular complexity index is 513. The standard InChI is InChI=1S/C15H23N3O4/c1-3-8-15(20,9-4-2)11-16-14(19)17-12-6-5-7-13(10-12)18(21)22/h5-7,10,20H,3-4,8-9,11H2,1-2H3,(H2,16,17,19). The maximum absolute atomic E-state index is 11.8. The molecule has 0 saturated carbocycles. The number of hydrogen-bond donors (Lipinski definition) is 3. The summed E-state index contributed by atoms with van der Waals surface area (Å²) in [4.78, 5) is 22.0. The molecule has 0 bridgehead atoms. The number of rotatable bonds is 8. The minimum atomic E-state index is -0.913. The van der Waals surface area contributed by atoms with E-state index < -0.39 is 16.6 Å². The maximum Gasteiger partial charge on any atom is 0.319 e. The monoisotopic (exact) mass is 309 g/mol. The van der Waals surface area contributed by atoms with Gasteiger partial charge in [0.15, 0.2) is 0 Å². The molecule has 1 aromatic carbocycles. The third-order valence-corrected chi connectivity index (χ3v) is 3.32. The number of carbonyl (C=O) groups excluding carboxylic acids is 1. The molecule has 0 unspecified atom stereocenters. The molecule has 0 heterocycles. The number of nitrogens with zero attached hydrogens (tertiary/aromatic N) is 1. The van der Waals surface area contributed by atoms with Crippen LogP contribution in [0.2, 0.25) is 0 Å². The van der Waals surface area contributed by atoms with Gasteiger partial charge in [0.25, 0.3) is 5.69 Å². The van der Waals surface area contributed by atoms with Gasteiger partial charge < -0.3 is 15.7 Å². The van der Waals surface area contributed by atoms with E-state index in [1.807, 2.05) is 13.8 Å². The van der Waals surface area contributed by atoms with Crippen molar-refractivity contribution in [2.24, 2.45) is 0 Å². The number of nitro benzene ring substituents is 1. The van der Waals surface area contributed by atoms with Gasteiger partial charge in [-0.2, -0.15) is 0 Å². The molecule has 0 saturated heterocycles. The van der Waals surface area contributed by atoms with Crippen LogP contribution in [0.4, 0.5) is 16.2 Å². The van der Waals surface area contributed by atoms with Crippen molar-refractivity contribution in [3.8, 4) is 0 Å². The van der Waals surface area contributed by atoms with Crippen molar-refractivity contribution in [3.63, 3.8) is 0 Å². The van der Waals surface area contributed by atoms with Crippen molar-refractivity contribution in [2.75, 3.05) is 11.9 Å². The number of aliphatic hydroxyl groups is 1. The number of nitrogens with one attached hydrogen (secondary N) is 2. The molecule has 22 heavy (non-hydrogen) atoms. The van der Waals surface area contributed by atoms with Crippen LogP contribution in [0.15, 0.2) is 24.3 Å². The molecule has 1 rings (SSSR count). The number of urea groups is 1. The van der Waals surface area contributed by atoms with E-state index in [9.17, 15) is 20.0 Å². The molecule has 1 aromatic rings. The lowest BCUT2D eigenvalue weighted by Gasteiger charge is -2.27. The molecule has 3 N–H and O–H groups in total. The lowest BCUT2D eigenvalue weighted by molar-refractivity contribution is -0.384. The summed E-state index contributed by atoms with van der Waals surface area (Å²) in [5.74, 6) is 0. The van der Waals surface area contributed by atoms with Gasteiger partial charge in [-0.3, -0.25) is 10.1 Å². The summed E-state index contributed by atoms with van der Waals surface area (Å²) in [6.45, 7) is 4.10. The number of benzene rings is 1. The van der Waals surface area contributed by atoms with Crippen molar-refractivity contribution >= 4 is 17.4 Å². The summed E-state index contributed by atoms with van der Waals surface area (Å²) in [7, 11) is 0. The van der Waals surface area contributed by atoms with Crippen LogP contribution in [0.1, 0.15) is 39.5 Å². The molecule has 0 atom stereocenters. The van der Waals surface area contributed by atoms with Crippen molar-refractivity contribution < 1.29 is 14.8 Å². The first-order valence-electron chi connectivity index (χ1n) is 7.42. The van der Waals surface area contributed by atoms with Crippen LogP contribution in [0.5, 0.6) is 0 Å². The Kier molecular flexibility index (Phi) is 6.78. The van der Waals surface area contributed by atoms with Crippen LogP contribution in [-0.4, -0.2) is 28.2 Å². The van der Waals surface area contributed by atoms with Crippen molar-refractivity contribution in [2.45, 2.75) is 45.1 Å². The number of nitro groups is 1.